The molecule has 0 aliphatic carbocycles. The molecule has 0 bridgehead atoms. The van der Waals surface area contributed by atoms with Crippen LogP contribution in [-0.4, -0.2) is 41.3 Å². The van der Waals surface area contributed by atoms with E-state index in [1.807, 2.05) is 24.3 Å². The number of hydrogen-bond acceptors (Lipinski definition) is 8. The third kappa shape index (κ3) is 4.56. The van der Waals surface area contributed by atoms with E-state index >= 15 is 0 Å². The van der Waals surface area contributed by atoms with Crippen LogP contribution < -0.4 is 10.1 Å². The number of benzene rings is 2. The molecule has 0 spiro atoms. The zero-order chi connectivity index (χ0) is 21.8. The van der Waals surface area contributed by atoms with Crippen LogP contribution in [-0.2, 0) is 16.1 Å². The van der Waals surface area contributed by atoms with Gasteiger partial charge >= 0.3 is 5.97 Å². The number of aromatic nitrogens is 1. The molecule has 0 radical (unpaired) electrons. The summed E-state index contributed by atoms with van der Waals surface area (Å²) in [5, 5.41) is 5.64. The molecule has 1 aliphatic heterocycles. The highest BCUT2D eigenvalue weighted by molar-refractivity contribution is 7.13. The molecular formula is C22H19N3O5S. The molecule has 31 heavy (non-hydrogen) atoms. The second-order valence-electron chi connectivity index (χ2n) is 6.72. The number of rotatable bonds is 8. The Balaban J connectivity index is 1.25. The molecule has 0 saturated heterocycles. The van der Waals surface area contributed by atoms with Crippen molar-refractivity contribution in [1.29, 1.82) is 0 Å². The Kier molecular flexibility index (Phi) is 5.94. The molecular weight excluding hydrogens is 418 g/mol. The lowest BCUT2D eigenvalue weighted by molar-refractivity contribution is -0.145. The zero-order valence-corrected chi connectivity index (χ0v) is 17.5. The van der Waals surface area contributed by atoms with Crippen molar-refractivity contribution in [1.82, 2.24) is 9.88 Å². The van der Waals surface area contributed by atoms with Gasteiger partial charge in [0, 0.05) is 17.6 Å². The van der Waals surface area contributed by atoms with Crippen LogP contribution in [0.25, 0.3) is 0 Å². The maximum absolute atomic E-state index is 12.3. The first-order chi connectivity index (χ1) is 15.0. The van der Waals surface area contributed by atoms with Crippen molar-refractivity contribution in [3.05, 3.63) is 70.7 Å². The molecule has 4 rings (SSSR count). The highest BCUT2D eigenvalue weighted by Crippen LogP contribution is 2.24. The fraction of sp³-hybridized carbons (Fsp3) is 0.182. The summed E-state index contributed by atoms with van der Waals surface area (Å²) in [6.45, 7) is -0.00569. The number of amides is 2. The first kappa shape index (κ1) is 20.5. The fourth-order valence-corrected chi connectivity index (χ4v) is 3.82. The smallest absolute Gasteiger partial charge is 0.307 e. The molecule has 3 aromatic rings. The maximum atomic E-state index is 12.3. The summed E-state index contributed by atoms with van der Waals surface area (Å²) in [4.78, 5) is 42.2. The van der Waals surface area contributed by atoms with Crippen LogP contribution in [0.2, 0.25) is 0 Å². The third-order valence-electron chi connectivity index (χ3n) is 4.69. The summed E-state index contributed by atoms with van der Waals surface area (Å²) in [6, 6.07) is 14.0. The number of imide groups is 1. The highest BCUT2D eigenvalue weighted by Gasteiger charge is 2.35. The molecule has 1 aliphatic rings. The van der Waals surface area contributed by atoms with Gasteiger partial charge in [0.05, 0.1) is 30.4 Å². The minimum absolute atomic E-state index is 0.0156. The first-order valence-corrected chi connectivity index (χ1v) is 10.4. The molecule has 2 aromatic carbocycles. The van der Waals surface area contributed by atoms with Crippen molar-refractivity contribution in [2.24, 2.45) is 0 Å². The van der Waals surface area contributed by atoms with Gasteiger partial charge < -0.3 is 14.8 Å². The van der Waals surface area contributed by atoms with Crippen LogP contribution >= 0.6 is 11.3 Å². The van der Waals surface area contributed by atoms with Crippen LogP contribution in [0.4, 0.5) is 10.8 Å². The average molecular weight is 437 g/mol. The van der Waals surface area contributed by atoms with E-state index in [0.717, 1.165) is 16.3 Å². The molecule has 2 heterocycles. The Hall–Kier alpha value is -3.72. The Morgan fingerprint density at radius 3 is 2.39 bits per heavy atom. The Labute approximate surface area is 182 Å². The SMILES string of the molecule is COc1ccc(Nc2nc(COC(=O)CCN3C(=O)c4ccccc4C3=O)cs2)cc1. The Morgan fingerprint density at radius 1 is 1.06 bits per heavy atom. The minimum Gasteiger partial charge on any atom is -0.497 e. The highest BCUT2D eigenvalue weighted by atomic mass is 32.1. The largest absolute Gasteiger partial charge is 0.497 e. The molecule has 158 valence electrons. The normalized spacial score (nSPS) is 12.6. The Morgan fingerprint density at radius 2 is 1.74 bits per heavy atom. The minimum atomic E-state index is -0.505. The topological polar surface area (TPSA) is 97.8 Å². The molecule has 1 aromatic heterocycles. The molecule has 0 unspecified atom stereocenters. The number of anilines is 2. The molecule has 2 amide bonds. The number of carbonyl (C=O) groups is 3. The van der Waals surface area contributed by atoms with Gasteiger partial charge in [-0.15, -0.1) is 11.3 Å². The molecule has 1 N–H and O–H groups in total. The van der Waals surface area contributed by atoms with Crippen molar-refractivity contribution < 1.29 is 23.9 Å². The summed E-state index contributed by atoms with van der Waals surface area (Å²) in [6.07, 6.45) is -0.0768. The Bertz CT molecular complexity index is 1090. The summed E-state index contributed by atoms with van der Waals surface area (Å²) >= 11 is 1.39. The number of esters is 1. The lowest BCUT2D eigenvalue weighted by atomic mass is 10.1. The number of carbonyl (C=O) groups excluding carboxylic acids is 3. The van der Waals surface area contributed by atoms with Gasteiger partial charge in [0.2, 0.25) is 0 Å². The number of methoxy groups -OCH3 is 1. The molecule has 0 saturated carbocycles. The monoisotopic (exact) mass is 437 g/mol. The van der Waals surface area contributed by atoms with E-state index in [1.165, 1.54) is 11.3 Å². The quantitative estimate of drug-likeness (QED) is 0.424. The van der Waals surface area contributed by atoms with Crippen LogP contribution in [0, 0.1) is 0 Å². The average Bonchev–Trinajstić information content (AvgIpc) is 3.34. The second-order valence-corrected chi connectivity index (χ2v) is 7.57. The number of nitrogens with zero attached hydrogens (tertiary/aromatic N) is 2. The standard InChI is InChI=1S/C22H19N3O5S/c1-29-16-8-6-14(7-9-16)23-22-24-15(13-31-22)12-30-19(26)10-11-25-20(27)17-4-2-3-5-18(17)21(25)28/h2-9,13H,10-12H2,1H3,(H,23,24). The van der Waals surface area contributed by atoms with Gasteiger partial charge in [-0.25, -0.2) is 4.98 Å². The second kappa shape index (κ2) is 8.97. The number of ether oxygens (including phenoxy) is 2. The lowest BCUT2D eigenvalue weighted by Gasteiger charge is -2.12. The van der Waals surface area contributed by atoms with Gasteiger partial charge in [-0.05, 0) is 36.4 Å². The van der Waals surface area contributed by atoms with Crippen LogP contribution in [0.5, 0.6) is 5.75 Å². The van der Waals surface area contributed by atoms with Crippen molar-refractivity contribution in [3.8, 4) is 5.75 Å². The predicted octanol–water partition coefficient (Wildman–Crippen LogP) is 3.62. The van der Waals surface area contributed by atoms with E-state index in [9.17, 15) is 14.4 Å². The summed E-state index contributed by atoms with van der Waals surface area (Å²) in [5.41, 5.74) is 2.19. The van der Waals surface area contributed by atoms with Crippen LogP contribution in [0.15, 0.2) is 53.9 Å². The molecule has 0 fully saturated rings. The third-order valence-corrected chi connectivity index (χ3v) is 5.50. The number of hydrogen-bond donors (Lipinski definition) is 1. The predicted molar refractivity (Wildman–Crippen MR) is 115 cm³/mol. The molecule has 0 atom stereocenters. The van der Waals surface area contributed by atoms with Crippen molar-refractivity contribution in [2.75, 3.05) is 19.0 Å². The van der Waals surface area contributed by atoms with E-state index < -0.39 is 5.97 Å². The molecule has 8 nitrogen and oxygen atoms in total. The van der Waals surface area contributed by atoms with Gasteiger partial charge in [-0.3, -0.25) is 19.3 Å². The van der Waals surface area contributed by atoms with Crippen molar-refractivity contribution >= 4 is 39.9 Å². The number of thiazole rings is 1. The van der Waals surface area contributed by atoms with Gasteiger partial charge in [-0.1, -0.05) is 12.1 Å². The van der Waals surface area contributed by atoms with Gasteiger partial charge in [0.15, 0.2) is 5.13 Å². The van der Waals surface area contributed by atoms with E-state index in [-0.39, 0.29) is 31.4 Å². The van der Waals surface area contributed by atoms with Gasteiger partial charge in [0.1, 0.15) is 12.4 Å². The van der Waals surface area contributed by atoms with Crippen molar-refractivity contribution in [2.45, 2.75) is 13.0 Å². The summed E-state index contributed by atoms with van der Waals surface area (Å²) < 4.78 is 10.4. The van der Waals surface area contributed by atoms with Crippen LogP contribution in [0.1, 0.15) is 32.8 Å². The van der Waals surface area contributed by atoms with Crippen LogP contribution in [0.3, 0.4) is 0 Å². The number of fused-ring (bicyclic) bond motifs is 1. The van der Waals surface area contributed by atoms with Gasteiger partial charge in [-0.2, -0.15) is 0 Å². The van der Waals surface area contributed by atoms with E-state index in [0.29, 0.717) is 22.0 Å². The first-order valence-electron chi connectivity index (χ1n) is 9.51. The molecule has 9 heteroatoms. The van der Waals surface area contributed by atoms with Gasteiger partial charge in [0.25, 0.3) is 11.8 Å². The maximum Gasteiger partial charge on any atom is 0.307 e. The summed E-state index contributed by atoms with van der Waals surface area (Å²) in [5.74, 6) is -0.517. The lowest BCUT2D eigenvalue weighted by Crippen LogP contribution is -2.32. The van der Waals surface area contributed by atoms with Crippen molar-refractivity contribution in [3.63, 3.8) is 0 Å². The zero-order valence-electron chi connectivity index (χ0n) is 16.7. The summed E-state index contributed by atoms with van der Waals surface area (Å²) in [7, 11) is 1.61. The van der Waals surface area contributed by atoms with E-state index in [2.05, 4.69) is 10.3 Å². The van der Waals surface area contributed by atoms with E-state index in [1.54, 1.807) is 36.8 Å². The van der Waals surface area contributed by atoms with E-state index in [4.69, 9.17) is 9.47 Å². The fourth-order valence-electron chi connectivity index (χ4n) is 3.10. The number of nitrogens with one attached hydrogen (secondary N) is 1.